The lowest BCUT2D eigenvalue weighted by atomic mass is 10.0. The predicted molar refractivity (Wildman–Crippen MR) is 154 cm³/mol. The first-order valence-corrected chi connectivity index (χ1v) is 15.2. The van der Waals surface area contributed by atoms with Crippen LogP contribution in [0.2, 0.25) is 10.0 Å². The summed E-state index contributed by atoms with van der Waals surface area (Å²) < 4.78 is 18.2. The van der Waals surface area contributed by atoms with Crippen molar-refractivity contribution in [3.8, 4) is 5.75 Å². The molecule has 1 N–H and O–H groups in total. The first-order chi connectivity index (χ1) is 18.8. The highest BCUT2D eigenvalue weighted by Crippen LogP contribution is 2.48. The van der Waals surface area contributed by atoms with Crippen LogP contribution in [0.3, 0.4) is 0 Å². The minimum atomic E-state index is -1.07. The van der Waals surface area contributed by atoms with E-state index in [1.807, 2.05) is 6.07 Å². The first-order valence-electron chi connectivity index (χ1n) is 12.6. The van der Waals surface area contributed by atoms with Crippen molar-refractivity contribution >= 4 is 73.9 Å². The van der Waals surface area contributed by atoms with Gasteiger partial charge in [0.25, 0.3) is 0 Å². The van der Waals surface area contributed by atoms with Crippen LogP contribution >= 0.6 is 50.9 Å². The molecule has 0 spiro atoms. The minimum absolute atomic E-state index is 0.0421. The van der Waals surface area contributed by atoms with Crippen LogP contribution in [0.5, 0.6) is 5.75 Å². The second-order valence-electron chi connectivity index (χ2n) is 9.30. The van der Waals surface area contributed by atoms with E-state index in [0.717, 1.165) is 18.4 Å². The lowest BCUT2D eigenvalue weighted by Crippen LogP contribution is -2.35. The average molecular weight is 658 g/mol. The van der Waals surface area contributed by atoms with E-state index in [2.05, 4.69) is 25.4 Å². The second-order valence-corrected chi connectivity index (χ2v) is 12.0. The van der Waals surface area contributed by atoms with E-state index >= 15 is 0 Å². The fraction of sp³-hybridized carbons (Fsp3) is 0.407. The lowest BCUT2D eigenvalue weighted by Gasteiger charge is -2.27. The molecule has 0 unspecified atom stereocenters. The van der Waals surface area contributed by atoms with E-state index in [1.165, 1.54) is 11.8 Å². The third kappa shape index (κ3) is 6.06. The quantitative estimate of drug-likeness (QED) is 0.155. The third-order valence-corrected chi connectivity index (χ3v) is 9.34. The zero-order valence-corrected chi connectivity index (χ0v) is 25.1. The Balaban J connectivity index is 1.69. The van der Waals surface area contributed by atoms with Gasteiger partial charge in [0.2, 0.25) is 0 Å². The topological polar surface area (TPSA) is 90.2 Å². The molecule has 208 valence electrons. The molecule has 12 heteroatoms. The molecule has 39 heavy (non-hydrogen) atoms. The molecule has 2 heterocycles. The second kappa shape index (κ2) is 12.3. The number of aromatic hydroxyl groups is 1. The van der Waals surface area contributed by atoms with Crippen molar-refractivity contribution in [3.05, 3.63) is 55.6 Å². The van der Waals surface area contributed by atoms with Crippen LogP contribution < -0.4 is 0 Å². The van der Waals surface area contributed by atoms with Gasteiger partial charge in [-0.05, 0) is 53.9 Å². The number of morpholine rings is 1. The van der Waals surface area contributed by atoms with Gasteiger partial charge in [0, 0.05) is 53.0 Å². The SMILES string of the molecule is CCOC(=O)OC(=O)c1c(CSc2c(Cl)cccc2Cl)n(C2CC2)c2cc(Br)c(O)c(CN3CCOCC3)c12. The highest BCUT2D eigenvalue weighted by Gasteiger charge is 2.36. The molecule has 0 bridgehead atoms. The van der Waals surface area contributed by atoms with Crippen LogP contribution in [0, 0.1) is 0 Å². The Morgan fingerprint density at radius 3 is 2.54 bits per heavy atom. The Labute approximate surface area is 248 Å². The fourth-order valence-corrected chi connectivity index (χ4v) is 7.00. The third-order valence-electron chi connectivity index (χ3n) is 6.73. The van der Waals surface area contributed by atoms with Gasteiger partial charge in [0.1, 0.15) is 5.75 Å². The number of carbonyl (C=O) groups is 2. The molecule has 0 radical (unpaired) electrons. The summed E-state index contributed by atoms with van der Waals surface area (Å²) in [5.41, 5.74) is 2.26. The number of carbonyl (C=O) groups excluding carboxylic acids is 2. The molecule has 8 nitrogen and oxygen atoms in total. The normalized spacial score (nSPS) is 16.0. The first kappa shape index (κ1) is 28.6. The molecule has 2 aromatic carbocycles. The number of thioether (sulfide) groups is 1. The monoisotopic (exact) mass is 656 g/mol. The largest absolute Gasteiger partial charge is 0.516 e. The van der Waals surface area contributed by atoms with Crippen molar-refractivity contribution in [3.63, 3.8) is 0 Å². The fourth-order valence-electron chi connectivity index (χ4n) is 4.84. The van der Waals surface area contributed by atoms with Crippen molar-refractivity contribution in [2.24, 2.45) is 0 Å². The molecular weight excluding hydrogens is 631 g/mol. The zero-order chi connectivity index (χ0) is 27.7. The number of aromatic nitrogens is 1. The van der Waals surface area contributed by atoms with E-state index in [0.29, 0.717) is 74.7 Å². The van der Waals surface area contributed by atoms with E-state index in [1.54, 1.807) is 25.1 Å². The molecule has 1 saturated carbocycles. The molecule has 2 aliphatic rings. The number of rotatable bonds is 8. The van der Waals surface area contributed by atoms with Crippen LogP contribution in [0.25, 0.3) is 10.9 Å². The summed E-state index contributed by atoms with van der Waals surface area (Å²) in [5.74, 6) is -0.457. The van der Waals surface area contributed by atoms with Gasteiger partial charge < -0.3 is 23.9 Å². The maximum atomic E-state index is 13.7. The van der Waals surface area contributed by atoms with Crippen LogP contribution in [0.4, 0.5) is 4.79 Å². The molecule has 5 rings (SSSR count). The number of phenols is 1. The Morgan fingerprint density at radius 2 is 1.90 bits per heavy atom. The number of phenolic OH excluding ortho intramolecular Hbond substituents is 1. The van der Waals surface area contributed by atoms with Gasteiger partial charge in [-0.3, -0.25) is 4.90 Å². The van der Waals surface area contributed by atoms with E-state index in [9.17, 15) is 14.7 Å². The van der Waals surface area contributed by atoms with E-state index in [-0.39, 0.29) is 24.0 Å². The standard InChI is InChI=1S/C27H27BrCl2N2O6S/c1-2-37-27(35)38-26(34)23-21(14-39-25-18(29)4-3-5-19(25)30)32(15-6-7-15)20-12-17(28)24(33)16(22(20)23)13-31-8-10-36-11-9-31/h3-5,12,15,33H,2,6-11,13-14H2,1H3. The summed E-state index contributed by atoms with van der Waals surface area (Å²) in [6, 6.07) is 7.29. The van der Waals surface area contributed by atoms with Crippen molar-refractivity contribution in [2.75, 3.05) is 32.9 Å². The molecule has 3 aromatic rings. The highest BCUT2D eigenvalue weighted by molar-refractivity contribution is 9.10. The number of halogens is 3. The van der Waals surface area contributed by atoms with Gasteiger partial charge in [-0.2, -0.15) is 0 Å². The lowest BCUT2D eigenvalue weighted by molar-refractivity contribution is 0.0339. The number of hydrogen-bond acceptors (Lipinski definition) is 8. The summed E-state index contributed by atoms with van der Waals surface area (Å²) >= 11 is 17.8. The van der Waals surface area contributed by atoms with Crippen molar-refractivity contribution in [2.45, 2.75) is 43.0 Å². The van der Waals surface area contributed by atoms with Crippen molar-refractivity contribution in [1.29, 1.82) is 0 Å². The van der Waals surface area contributed by atoms with Gasteiger partial charge in [-0.15, -0.1) is 11.8 Å². The van der Waals surface area contributed by atoms with E-state index < -0.39 is 12.1 Å². The molecule has 2 fully saturated rings. The van der Waals surface area contributed by atoms with Gasteiger partial charge >= 0.3 is 12.1 Å². The van der Waals surface area contributed by atoms with Crippen molar-refractivity contribution < 1.29 is 28.9 Å². The number of fused-ring (bicyclic) bond motifs is 1. The molecule has 0 atom stereocenters. The summed E-state index contributed by atoms with van der Waals surface area (Å²) in [5, 5.41) is 12.8. The maximum Gasteiger partial charge on any atom is 0.516 e. The summed E-state index contributed by atoms with van der Waals surface area (Å²) in [4.78, 5) is 28.8. The maximum absolute atomic E-state index is 13.7. The Kier molecular flexibility index (Phi) is 9.00. The van der Waals surface area contributed by atoms with Crippen LogP contribution in [0.1, 0.15) is 47.4 Å². The zero-order valence-electron chi connectivity index (χ0n) is 21.2. The van der Waals surface area contributed by atoms with E-state index in [4.69, 9.17) is 37.4 Å². The molecule has 1 aromatic heterocycles. The molecule has 1 saturated heterocycles. The Morgan fingerprint density at radius 1 is 1.21 bits per heavy atom. The van der Waals surface area contributed by atoms with Gasteiger partial charge in [0.15, 0.2) is 0 Å². The van der Waals surface area contributed by atoms with Gasteiger partial charge in [-0.1, -0.05) is 29.3 Å². The number of benzene rings is 2. The summed E-state index contributed by atoms with van der Waals surface area (Å²) in [6.45, 7) is 4.64. The van der Waals surface area contributed by atoms with Gasteiger partial charge in [0.05, 0.1) is 45.4 Å². The smallest absolute Gasteiger partial charge is 0.506 e. The molecule has 0 amide bonds. The number of hydrogen-bond donors (Lipinski definition) is 1. The molecule has 1 aliphatic carbocycles. The number of nitrogens with zero attached hydrogens (tertiary/aromatic N) is 2. The number of esters is 1. The van der Waals surface area contributed by atoms with Crippen LogP contribution in [-0.2, 0) is 26.5 Å². The van der Waals surface area contributed by atoms with Crippen LogP contribution in [0.15, 0.2) is 33.6 Å². The van der Waals surface area contributed by atoms with Crippen molar-refractivity contribution in [1.82, 2.24) is 9.47 Å². The van der Waals surface area contributed by atoms with Crippen LogP contribution in [-0.4, -0.2) is 59.6 Å². The Hall–Kier alpha value is -1.95. The Bertz CT molecular complexity index is 1400. The minimum Gasteiger partial charge on any atom is -0.506 e. The highest BCUT2D eigenvalue weighted by atomic mass is 79.9. The predicted octanol–water partition coefficient (Wildman–Crippen LogP) is 7.19. The number of ether oxygens (including phenoxy) is 3. The summed E-state index contributed by atoms with van der Waals surface area (Å²) in [6.07, 6.45) is 0.814. The molecule has 1 aliphatic heterocycles. The average Bonchev–Trinajstić information content (AvgIpc) is 3.69. The summed E-state index contributed by atoms with van der Waals surface area (Å²) in [7, 11) is 0. The van der Waals surface area contributed by atoms with Gasteiger partial charge in [-0.25, -0.2) is 9.59 Å². The molecular formula is C27H27BrCl2N2O6S.